The van der Waals surface area contributed by atoms with Crippen LogP contribution in [0.3, 0.4) is 0 Å². The van der Waals surface area contributed by atoms with E-state index in [-0.39, 0.29) is 5.56 Å². The number of aromatic nitrogens is 6. The Bertz CT molecular complexity index is 1520. The van der Waals surface area contributed by atoms with Gasteiger partial charge in [0.25, 0.3) is 5.56 Å². The van der Waals surface area contributed by atoms with Crippen LogP contribution < -0.4 is 5.56 Å². The number of ether oxygens (including phenoxy) is 1. The van der Waals surface area contributed by atoms with Gasteiger partial charge < -0.3 is 9.72 Å². The van der Waals surface area contributed by atoms with Gasteiger partial charge in [-0.2, -0.15) is 0 Å². The summed E-state index contributed by atoms with van der Waals surface area (Å²) in [5, 5.41) is 13.6. The molecule has 0 aliphatic rings. The minimum absolute atomic E-state index is 0.170. The number of hydrogen-bond donors (Lipinski definition) is 1. The Balaban J connectivity index is 1.70. The van der Waals surface area contributed by atoms with E-state index in [2.05, 4.69) is 55.5 Å². The van der Waals surface area contributed by atoms with Crippen LogP contribution in [0.2, 0.25) is 0 Å². The second-order valence-electron chi connectivity index (χ2n) is 9.48. The monoisotopic (exact) mass is 509 g/mol. The van der Waals surface area contributed by atoms with Crippen molar-refractivity contribution < 1.29 is 4.74 Å². The smallest absolute Gasteiger partial charge is 0.253 e. The molecular weight excluding hydrogens is 478 g/mol. The fourth-order valence-corrected chi connectivity index (χ4v) is 4.72. The van der Waals surface area contributed by atoms with E-state index < -0.39 is 6.04 Å². The van der Waals surface area contributed by atoms with Crippen LogP contribution in [0.25, 0.3) is 10.9 Å². The van der Waals surface area contributed by atoms with Gasteiger partial charge in [0.15, 0.2) is 5.82 Å². The first kappa shape index (κ1) is 25.4. The van der Waals surface area contributed by atoms with Crippen molar-refractivity contribution in [2.75, 3.05) is 13.7 Å². The molecule has 38 heavy (non-hydrogen) atoms. The number of pyridine rings is 2. The van der Waals surface area contributed by atoms with Gasteiger partial charge in [-0.25, -0.2) is 4.68 Å². The normalized spacial score (nSPS) is 12.3. The number of nitrogens with one attached hydrogen (secondary N) is 1. The Labute approximate surface area is 221 Å². The molecule has 0 radical (unpaired) electrons. The van der Waals surface area contributed by atoms with E-state index in [1.165, 1.54) is 0 Å². The lowest BCUT2D eigenvalue weighted by molar-refractivity contribution is 0.169. The first-order chi connectivity index (χ1) is 18.5. The molecule has 3 heterocycles. The highest BCUT2D eigenvalue weighted by molar-refractivity contribution is 5.81. The van der Waals surface area contributed by atoms with Gasteiger partial charge in [-0.3, -0.25) is 14.7 Å². The van der Waals surface area contributed by atoms with Crippen LogP contribution in [-0.4, -0.2) is 48.8 Å². The maximum atomic E-state index is 13.7. The van der Waals surface area contributed by atoms with Gasteiger partial charge in [0, 0.05) is 43.7 Å². The molecule has 5 rings (SSSR count). The number of rotatable bonds is 10. The van der Waals surface area contributed by atoms with E-state index in [9.17, 15) is 4.79 Å². The van der Waals surface area contributed by atoms with Gasteiger partial charge in [-0.05, 0) is 76.2 Å². The van der Waals surface area contributed by atoms with Gasteiger partial charge in [0.2, 0.25) is 0 Å². The molecule has 0 saturated heterocycles. The number of aromatic amines is 1. The van der Waals surface area contributed by atoms with Crippen LogP contribution in [-0.2, 0) is 24.4 Å². The number of methoxy groups -OCH3 is 1. The van der Waals surface area contributed by atoms with E-state index in [1.54, 1.807) is 18.0 Å². The predicted octanol–water partition coefficient (Wildman–Crippen LogP) is 3.96. The van der Waals surface area contributed by atoms with Gasteiger partial charge in [-0.15, -0.1) is 5.10 Å². The lowest BCUT2D eigenvalue weighted by Gasteiger charge is -2.31. The Hall–Kier alpha value is -4.21. The summed E-state index contributed by atoms with van der Waals surface area (Å²) in [6.45, 7) is 6.14. The van der Waals surface area contributed by atoms with Crippen LogP contribution in [0.4, 0.5) is 0 Å². The standard InChI is InChI=1S/C29H31N7O2/c1-20-14-24-16-25(29(37)31-26(24)15-21(20)2)27(28-32-33-34-36(28)12-13-38-3)35(18-22-8-5-4-6-9-22)19-23-10-7-11-30-17-23/h4-11,14-17,27H,12-13,18-19H2,1-3H3,(H,31,37). The van der Waals surface area contributed by atoms with Crippen LogP contribution in [0, 0.1) is 13.8 Å². The highest BCUT2D eigenvalue weighted by Gasteiger charge is 2.31. The average molecular weight is 510 g/mol. The number of hydrogen-bond acceptors (Lipinski definition) is 7. The lowest BCUT2D eigenvalue weighted by atomic mass is 9.99. The maximum Gasteiger partial charge on any atom is 0.253 e. The molecule has 194 valence electrons. The van der Waals surface area contributed by atoms with Crippen LogP contribution in [0.15, 0.2) is 77.9 Å². The summed E-state index contributed by atoms with van der Waals surface area (Å²) in [6, 6.07) is 19.7. The van der Waals surface area contributed by atoms with Crippen LogP contribution in [0.5, 0.6) is 0 Å². The van der Waals surface area contributed by atoms with Crippen LogP contribution in [0.1, 0.15) is 39.7 Å². The first-order valence-corrected chi connectivity index (χ1v) is 12.6. The fraction of sp³-hybridized carbons (Fsp3) is 0.276. The molecule has 5 aromatic rings. The third kappa shape index (κ3) is 5.53. The van der Waals surface area contributed by atoms with Crippen molar-refractivity contribution in [1.29, 1.82) is 0 Å². The van der Waals surface area contributed by atoms with Crippen molar-refractivity contribution in [1.82, 2.24) is 35.1 Å². The molecule has 1 N–H and O–H groups in total. The summed E-state index contributed by atoms with van der Waals surface area (Å²) in [5.74, 6) is 0.579. The molecular formula is C29H31N7O2. The summed E-state index contributed by atoms with van der Waals surface area (Å²) in [5.41, 5.74) is 5.64. The van der Waals surface area contributed by atoms with Crippen molar-refractivity contribution in [2.24, 2.45) is 0 Å². The number of nitrogens with zero attached hydrogens (tertiary/aromatic N) is 6. The summed E-state index contributed by atoms with van der Waals surface area (Å²) >= 11 is 0. The fourth-order valence-electron chi connectivity index (χ4n) is 4.72. The average Bonchev–Trinajstić information content (AvgIpc) is 3.38. The number of fused-ring (bicyclic) bond motifs is 1. The van der Waals surface area contributed by atoms with Crippen molar-refractivity contribution >= 4 is 10.9 Å². The molecule has 9 heteroatoms. The third-order valence-corrected chi connectivity index (χ3v) is 6.80. The highest BCUT2D eigenvalue weighted by atomic mass is 16.5. The van der Waals surface area contributed by atoms with E-state index >= 15 is 0 Å². The number of aryl methyl sites for hydroxylation is 2. The summed E-state index contributed by atoms with van der Waals surface area (Å²) < 4.78 is 7.03. The van der Waals surface area contributed by atoms with E-state index in [4.69, 9.17) is 4.74 Å². The second-order valence-corrected chi connectivity index (χ2v) is 9.48. The van der Waals surface area contributed by atoms with Crippen molar-refractivity contribution in [3.63, 3.8) is 0 Å². The molecule has 9 nitrogen and oxygen atoms in total. The largest absolute Gasteiger partial charge is 0.383 e. The lowest BCUT2D eigenvalue weighted by Crippen LogP contribution is -2.35. The molecule has 2 aromatic carbocycles. The van der Waals surface area contributed by atoms with E-state index in [1.807, 2.05) is 55.6 Å². The van der Waals surface area contributed by atoms with Crippen LogP contribution >= 0.6 is 0 Å². The zero-order valence-electron chi connectivity index (χ0n) is 21.8. The topological polar surface area (TPSA) is 102 Å². The Morgan fingerprint density at radius 2 is 1.76 bits per heavy atom. The Morgan fingerprint density at radius 1 is 1.00 bits per heavy atom. The summed E-state index contributed by atoms with van der Waals surface area (Å²) in [6.07, 6.45) is 3.60. The molecule has 0 aliphatic carbocycles. The second kappa shape index (κ2) is 11.5. The van der Waals surface area contributed by atoms with E-state index in [0.29, 0.717) is 37.6 Å². The molecule has 3 aromatic heterocycles. The molecule has 0 aliphatic heterocycles. The predicted molar refractivity (Wildman–Crippen MR) is 146 cm³/mol. The minimum atomic E-state index is -0.531. The number of tetrazole rings is 1. The van der Waals surface area contributed by atoms with E-state index in [0.717, 1.165) is 33.2 Å². The zero-order valence-corrected chi connectivity index (χ0v) is 21.8. The van der Waals surface area contributed by atoms with Crippen molar-refractivity contribution in [2.45, 2.75) is 39.5 Å². The maximum absolute atomic E-state index is 13.7. The number of H-pyrrole nitrogens is 1. The van der Waals surface area contributed by atoms with Crippen molar-refractivity contribution in [3.8, 4) is 0 Å². The molecule has 0 fully saturated rings. The minimum Gasteiger partial charge on any atom is -0.383 e. The summed E-state index contributed by atoms with van der Waals surface area (Å²) in [7, 11) is 1.64. The molecule has 0 spiro atoms. The first-order valence-electron chi connectivity index (χ1n) is 12.6. The SMILES string of the molecule is COCCn1nnnc1C(c1cc2cc(C)c(C)cc2[nH]c1=O)N(Cc1ccccc1)Cc1cccnc1. The molecule has 0 bridgehead atoms. The molecule has 0 amide bonds. The molecule has 0 saturated carbocycles. The van der Waals surface area contributed by atoms with Gasteiger partial charge in [-0.1, -0.05) is 36.4 Å². The number of benzene rings is 2. The van der Waals surface area contributed by atoms with Gasteiger partial charge in [0.05, 0.1) is 13.2 Å². The zero-order chi connectivity index (χ0) is 26.5. The Kier molecular flexibility index (Phi) is 7.67. The quantitative estimate of drug-likeness (QED) is 0.304. The summed E-state index contributed by atoms with van der Waals surface area (Å²) in [4.78, 5) is 23.4. The van der Waals surface area contributed by atoms with Crippen molar-refractivity contribution in [3.05, 3.63) is 117 Å². The highest BCUT2D eigenvalue weighted by Crippen LogP contribution is 2.30. The third-order valence-electron chi connectivity index (χ3n) is 6.80. The Morgan fingerprint density at radius 3 is 2.53 bits per heavy atom. The van der Waals surface area contributed by atoms with Gasteiger partial charge in [0.1, 0.15) is 6.04 Å². The molecule has 1 atom stereocenters. The molecule has 1 unspecified atom stereocenters. The van der Waals surface area contributed by atoms with Gasteiger partial charge >= 0.3 is 0 Å².